The van der Waals surface area contributed by atoms with E-state index in [1.54, 1.807) is 31.6 Å². The molecule has 8 heteroatoms. The number of nitrogens with zero attached hydrogens (tertiary/aromatic N) is 3. The smallest absolute Gasteiger partial charge is 0.269 e. The molecule has 1 aliphatic rings. The fourth-order valence-corrected chi connectivity index (χ4v) is 3.71. The number of pyridine rings is 2. The van der Waals surface area contributed by atoms with Crippen LogP contribution in [0.2, 0.25) is 0 Å². The molecule has 0 saturated carbocycles. The molecule has 5 rings (SSSR count). The van der Waals surface area contributed by atoms with Crippen molar-refractivity contribution in [3.8, 4) is 11.5 Å². The molecule has 0 spiro atoms. The van der Waals surface area contributed by atoms with E-state index in [-0.39, 0.29) is 12.2 Å². The van der Waals surface area contributed by atoms with Crippen LogP contribution >= 0.6 is 0 Å². The fraction of sp³-hybridized carbons (Fsp3) is 0.125. The van der Waals surface area contributed by atoms with Gasteiger partial charge in [-0.1, -0.05) is 6.07 Å². The number of carbonyl (C=O) groups excluding carboxylic acids is 1. The molecule has 2 aromatic carbocycles. The van der Waals surface area contributed by atoms with E-state index in [0.29, 0.717) is 17.2 Å². The third-order valence-electron chi connectivity index (χ3n) is 5.40. The second-order valence-corrected chi connectivity index (χ2v) is 7.48. The number of amides is 1. The average Bonchev–Trinajstić information content (AvgIpc) is 3.13. The lowest BCUT2D eigenvalue weighted by molar-refractivity contribution is 0.0958. The molecular formula is C24H22N6O2. The molecule has 0 fully saturated rings. The summed E-state index contributed by atoms with van der Waals surface area (Å²) in [5, 5.41) is 11.8. The van der Waals surface area contributed by atoms with E-state index in [2.05, 4.69) is 49.0 Å². The van der Waals surface area contributed by atoms with Crippen molar-refractivity contribution in [2.24, 2.45) is 0 Å². The summed E-state index contributed by atoms with van der Waals surface area (Å²) < 4.78 is 5.97. The zero-order chi connectivity index (χ0) is 22.1. The Morgan fingerprint density at radius 1 is 1.03 bits per heavy atom. The Labute approximate surface area is 185 Å². The van der Waals surface area contributed by atoms with Gasteiger partial charge in [0.2, 0.25) is 0 Å². The summed E-state index contributed by atoms with van der Waals surface area (Å²) in [5.74, 6) is 0.951. The van der Waals surface area contributed by atoms with E-state index in [1.165, 1.54) is 0 Å². The van der Waals surface area contributed by atoms with Gasteiger partial charge in [-0.25, -0.2) is 0 Å². The Morgan fingerprint density at radius 3 is 2.78 bits per heavy atom. The van der Waals surface area contributed by atoms with Gasteiger partial charge in [-0.3, -0.25) is 14.8 Å². The lowest BCUT2D eigenvalue weighted by atomic mass is 10.1. The molecule has 1 unspecified atom stereocenters. The van der Waals surface area contributed by atoms with E-state index < -0.39 is 0 Å². The first-order valence-corrected chi connectivity index (χ1v) is 10.2. The van der Waals surface area contributed by atoms with E-state index in [1.807, 2.05) is 37.5 Å². The third kappa shape index (κ3) is 3.74. The van der Waals surface area contributed by atoms with Gasteiger partial charge in [-0.05, 0) is 41.8 Å². The minimum atomic E-state index is -0.258. The number of benzene rings is 2. The summed E-state index contributed by atoms with van der Waals surface area (Å²) in [6.07, 6.45) is 5.09. The molecule has 1 aliphatic heterocycles. The number of fused-ring (bicyclic) bond motifs is 2. The Bertz CT molecular complexity index is 1310. The van der Waals surface area contributed by atoms with Gasteiger partial charge in [0.25, 0.3) is 5.91 Å². The van der Waals surface area contributed by atoms with Gasteiger partial charge in [0.05, 0.1) is 11.4 Å². The third-order valence-corrected chi connectivity index (χ3v) is 5.40. The van der Waals surface area contributed by atoms with E-state index in [0.717, 1.165) is 27.8 Å². The van der Waals surface area contributed by atoms with Gasteiger partial charge < -0.3 is 25.6 Å². The van der Waals surface area contributed by atoms with Crippen molar-refractivity contribution in [2.75, 3.05) is 29.6 Å². The molecule has 4 aromatic rings. The van der Waals surface area contributed by atoms with Crippen LogP contribution in [0.1, 0.15) is 10.5 Å². The van der Waals surface area contributed by atoms with Crippen LogP contribution in [0.25, 0.3) is 10.8 Å². The predicted molar refractivity (Wildman–Crippen MR) is 125 cm³/mol. The first-order valence-electron chi connectivity index (χ1n) is 10.2. The average molecular weight is 426 g/mol. The molecule has 1 amide bonds. The number of hydrogen-bond acceptors (Lipinski definition) is 7. The Hall–Kier alpha value is -4.33. The Morgan fingerprint density at radius 2 is 1.91 bits per heavy atom. The lowest BCUT2D eigenvalue weighted by Gasteiger charge is -2.24. The number of aromatic nitrogens is 2. The van der Waals surface area contributed by atoms with Crippen LogP contribution in [0.3, 0.4) is 0 Å². The first kappa shape index (κ1) is 19.6. The van der Waals surface area contributed by atoms with Gasteiger partial charge in [-0.2, -0.15) is 0 Å². The fourth-order valence-electron chi connectivity index (χ4n) is 3.71. The van der Waals surface area contributed by atoms with Gasteiger partial charge in [0.1, 0.15) is 17.2 Å². The molecule has 3 heterocycles. The monoisotopic (exact) mass is 426 g/mol. The molecular weight excluding hydrogens is 404 g/mol. The molecule has 32 heavy (non-hydrogen) atoms. The normalized spacial score (nSPS) is 14.6. The van der Waals surface area contributed by atoms with E-state index in [9.17, 15) is 4.79 Å². The van der Waals surface area contributed by atoms with Gasteiger partial charge >= 0.3 is 0 Å². The van der Waals surface area contributed by atoms with Crippen molar-refractivity contribution >= 4 is 33.7 Å². The number of anilines is 3. The minimum absolute atomic E-state index is 0.116. The summed E-state index contributed by atoms with van der Waals surface area (Å²) in [6, 6.07) is 17.4. The van der Waals surface area contributed by atoms with Crippen molar-refractivity contribution in [3.05, 3.63) is 78.9 Å². The van der Waals surface area contributed by atoms with Gasteiger partial charge in [0, 0.05) is 55.9 Å². The van der Waals surface area contributed by atoms with Crippen LogP contribution in [0.4, 0.5) is 17.1 Å². The highest BCUT2D eigenvalue weighted by molar-refractivity contribution is 5.92. The summed E-state index contributed by atoms with van der Waals surface area (Å²) in [5.41, 5.74) is 3.31. The molecule has 3 N–H and O–H groups in total. The second kappa shape index (κ2) is 8.07. The Balaban J connectivity index is 1.33. The van der Waals surface area contributed by atoms with E-state index >= 15 is 0 Å². The lowest BCUT2D eigenvalue weighted by Crippen LogP contribution is -2.39. The SMILES string of the molecule is CNC(=O)c1cc(Oc2ccc3c(c2)NC(Nc2ccc4ccncc4c2)N3C)ccn1. The van der Waals surface area contributed by atoms with Crippen molar-refractivity contribution in [1.82, 2.24) is 15.3 Å². The van der Waals surface area contributed by atoms with E-state index in [4.69, 9.17) is 4.74 Å². The number of ether oxygens (including phenoxy) is 1. The zero-order valence-electron chi connectivity index (χ0n) is 17.7. The maximum absolute atomic E-state index is 11.8. The minimum Gasteiger partial charge on any atom is -0.457 e. The van der Waals surface area contributed by atoms with Crippen molar-refractivity contribution in [2.45, 2.75) is 6.29 Å². The van der Waals surface area contributed by atoms with Crippen LogP contribution < -0.4 is 25.6 Å². The molecule has 0 saturated heterocycles. The topological polar surface area (TPSA) is 91.4 Å². The molecule has 8 nitrogen and oxygen atoms in total. The first-order chi connectivity index (χ1) is 15.6. The number of carbonyl (C=O) groups is 1. The highest BCUT2D eigenvalue weighted by atomic mass is 16.5. The van der Waals surface area contributed by atoms with Crippen LogP contribution in [0.15, 0.2) is 73.2 Å². The van der Waals surface area contributed by atoms with Crippen LogP contribution in [0, 0.1) is 0 Å². The van der Waals surface area contributed by atoms with Crippen molar-refractivity contribution in [1.29, 1.82) is 0 Å². The standard InChI is InChI=1S/C24H22N6O2/c1-25-23(31)21-13-19(8-10-27-21)32-18-5-6-22-20(12-18)29-24(30(22)2)28-17-4-3-15-7-9-26-14-16(15)11-17/h3-14,24,28-29H,1-2H3,(H,25,31). The second-order valence-electron chi connectivity index (χ2n) is 7.48. The predicted octanol–water partition coefficient (Wildman–Crippen LogP) is 4.04. The summed E-state index contributed by atoms with van der Waals surface area (Å²) in [4.78, 5) is 22.2. The highest BCUT2D eigenvalue weighted by Crippen LogP contribution is 2.37. The molecule has 2 aromatic heterocycles. The molecule has 1 atom stereocenters. The Kier molecular flexibility index (Phi) is 4.95. The summed E-state index contributed by atoms with van der Waals surface area (Å²) in [7, 11) is 3.59. The van der Waals surface area contributed by atoms with Crippen LogP contribution in [-0.4, -0.2) is 36.3 Å². The zero-order valence-corrected chi connectivity index (χ0v) is 17.7. The van der Waals surface area contributed by atoms with Crippen molar-refractivity contribution in [3.63, 3.8) is 0 Å². The molecule has 0 radical (unpaired) electrons. The highest BCUT2D eigenvalue weighted by Gasteiger charge is 2.26. The van der Waals surface area contributed by atoms with Crippen LogP contribution in [0.5, 0.6) is 11.5 Å². The quantitative estimate of drug-likeness (QED) is 0.444. The van der Waals surface area contributed by atoms with Gasteiger partial charge in [0.15, 0.2) is 6.29 Å². The van der Waals surface area contributed by atoms with Crippen molar-refractivity contribution < 1.29 is 9.53 Å². The number of hydrogen-bond donors (Lipinski definition) is 3. The summed E-state index contributed by atoms with van der Waals surface area (Å²) >= 11 is 0. The maximum atomic E-state index is 11.8. The summed E-state index contributed by atoms with van der Waals surface area (Å²) in [6.45, 7) is 0. The maximum Gasteiger partial charge on any atom is 0.269 e. The largest absolute Gasteiger partial charge is 0.457 e. The van der Waals surface area contributed by atoms with Crippen LogP contribution in [-0.2, 0) is 0 Å². The molecule has 160 valence electrons. The number of nitrogens with one attached hydrogen (secondary N) is 3. The van der Waals surface area contributed by atoms with Gasteiger partial charge in [-0.15, -0.1) is 0 Å². The molecule has 0 bridgehead atoms. The molecule has 0 aliphatic carbocycles. The number of rotatable bonds is 5.